The van der Waals surface area contributed by atoms with Crippen LogP contribution in [0.2, 0.25) is 0 Å². The number of nitrogens with zero attached hydrogens (tertiary/aromatic N) is 3. The Bertz CT molecular complexity index is 785. The highest BCUT2D eigenvalue weighted by molar-refractivity contribution is 5.36. The molecule has 0 spiro atoms. The van der Waals surface area contributed by atoms with Gasteiger partial charge in [0.05, 0.1) is 0 Å². The highest BCUT2D eigenvalue weighted by atomic mass is 16.5. The van der Waals surface area contributed by atoms with Gasteiger partial charge < -0.3 is 19.7 Å². The molecular weight excluding hydrogens is 334 g/mol. The van der Waals surface area contributed by atoms with Crippen LogP contribution in [0.4, 0.5) is 0 Å². The minimum atomic E-state index is -1.05. The van der Waals surface area contributed by atoms with Crippen LogP contribution in [-0.2, 0) is 12.8 Å². The first-order chi connectivity index (χ1) is 12.6. The smallest absolute Gasteiger partial charge is 0.217 e. The molecule has 4 rings (SSSR count). The number of pyridine rings is 1. The molecule has 2 aromatic heterocycles. The van der Waals surface area contributed by atoms with Crippen LogP contribution in [0.5, 0.6) is 11.8 Å². The Morgan fingerprint density at radius 3 is 2.50 bits per heavy atom. The molecule has 2 N–H and O–H groups in total. The molecule has 2 aliphatic carbocycles. The largest absolute Gasteiger partial charge is 0.471 e. The van der Waals surface area contributed by atoms with E-state index in [9.17, 15) is 10.2 Å². The lowest BCUT2D eigenvalue weighted by Gasteiger charge is -2.22. The van der Waals surface area contributed by atoms with Gasteiger partial charge in [0.1, 0.15) is 30.2 Å². The molecule has 138 valence electrons. The Labute approximate surface area is 152 Å². The molecule has 1 fully saturated rings. The first kappa shape index (κ1) is 17.2. The zero-order chi connectivity index (χ0) is 18.1. The lowest BCUT2D eigenvalue weighted by Crippen LogP contribution is -2.36. The maximum atomic E-state index is 10.4. The molecule has 4 atom stereocenters. The van der Waals surface area contributed by atoms with E-state index in [1.54, 1.807) is 25.4 Å². The van der Waals surface area contributed by atoms with Gasteiger partial charge in [-0.3, -0.25) is 0 Å². The van der Waals surface area contributed by atoms with Gasteiger partial charge in [0.15, 0.2) is 0 Å². The van der Waals surface area contributed by atoms with Crippen LogP contribution in [0.25, 0.3) is 0 Å². The zero-order valence-electron chi connectivity index (χ0n) is 14.7. The quantitative estimate of drug-likeness (QED) is 0.853. The number of hydrogen-bond donors (Lipinski definition) is 2. The Balaban J connectivity index is 1.48. The molecule has 26 heavy (non-hydrogen) atoms. The summed E-state index contributed by atoms with van der Waals surface area (Å²) in [6.45, 7) is 1.77. The fraction of sp³-hybridized carbons (Fsp3) is 0.526. The number of rotatable bonds is 4. The van der Waals surface area contributed by atoms with E-state index >= 15 is 0 Å². The molecule has 0 bridgehead atoms. The summed E-state index contributed by atoms with van der Waals surface area (Å²) in [7, 11) is 0. The summed E-state index contributed by atoms with van der Waals surface area (Å²) in [5.41, 5.74) is 2.38. The van der Waals surface area contributed by atoms with Crippen molar-refractivity contribution in [3.8, 4) is 11.8 Å². The molecule has 2 aromatic rings. The average Bonchev–Trinajstić information content (AvgIpc) is 2.90. The maximum Gasteiger partial charge on any atom is 0.217 e. The Morgan fingerprint density at radius 2 is 1.69 bits per heavy atom. The number of aliphatic hydroxyl groups excluding tert-OH is 2. The van der Waals surface area contributed by atoms with Crippen molar-refractivity contribution in [3.05, 3.63) is 41.5 Å². The number of fused-ring (bicyclic) bond motifs is 1. The van der Waals surface area contributed by atoms with Crippen LogP contribution >= 0.6 is 0 Å². The van der Waals surface area contributed by atoms with Crippen LogP contribution in [0.3, 0.4) is 0 Å². The van der Waals surface area contributed by atoms with E-state index < -0.39 is 24.4 Å². The Morgan fingerprint density at radius 1 is 0.962 bits per heavy atom. The van der Waals surface area contributed by atoms with Gasteiger partial charge in [-0.05, 0) is 44.2 Å². The molecule has 2 heterocycles. The van der Waals surface area contributed by atoms with E-state index in [1.165, 1.54) is 12.0 Å². The lowest BCUT2D eigenvalue weighted by atomic mass is 9.93. The third kappa shape index (κ3) is 3.37. The van der Waals surface area contributed by atoms with Crippen molar-refractivity contribution in [2.75, 3.05) is 0 Å². The van der Waals surface area contributed by atoms with E-state index in [1.807, 2.05) is 6.07 Å². The normalized spacial score (nSPS) is 27.8. The molecule has 0 aliphatic heterocycles. The second-order valence-electron chi connectivity index (χ2n) is 6.93. The molecular formula is C19H23N3O4. The van der Waals surface area contributed by atoms with Crippen LogP contribution in [0.15, 0.2) is 24.5 Å². The summed E-state index contributed by atoms with van der Waals surface area (Å²) in [6.07, 6.45) is 4.71. The molecule has 7 heteroatoms. The van der Waals surface area contributed by atoms with Crippen molar-refractivity contribution in [3.63, 3.8) is 0 Å². The fourth-order valence-electron chi connectivity index (χ4n) is 3.71. The maximum absolute atomic E-state index is 10.4. The number of aliphatic hydroxyl groups is 2. The standard InChI is InChI=1S/C19H23N3O4/c1-11-20-9-7-16(22-11)25-14-10-15(18(24)17(14)23)26-19-13-5-3-2-4-12(13)6-8-21-19/h6-9,14-15,17-18,23-24H,2-5,10H2,1H3/t14?,15?,17-,18+/m0/s1. The Hall–Kier alpha value is -2.25. The van der Waals surface area contributed by atoms with Gasteiger partial charge in [0.25, 0.3) is 0 Å². The lowest BCUT2D eigenvalue weighted by molar-refractivity contribution is -0.0328. The molecule has 0 amide bonds. The van der Waals surface area contributed by atoms with Crippen molar-refractivity contribution in [2.45, 2.75) is 63.4 Å². The SMILES string of the molecule is Cc1nccc(OC2CC(Oc3nccc4c3CCCC4)[C@@H](O)[C@H]2O)n1. The Kier molecular flexibility index (Phi) is 4.74. The third-order valence-corrected chi connectivity index (χ3v) is 5.10. The number of aryl methyl sites for hydroxylation is 2. The monoisotopic (exact) mass is 357 g/mol. The predicted molar refractivity (Wildman–Crippen MR) is 93.1 cm³/mol. The van der Waals surface area contributed by atoms with Gasteiger partial charge in [-0.15, -0.1) is 0 Å². The zero-order valence-corrected chi connectivity index (χ0v) is 14.7. The van der Waals surface area contributed by atoms with Gasteiger partial charge in [-0.2, -0.15) is 4.98 Å². The second-order valence-corrected chi connectivity index (χ2v) is 6.93. The van der Waals surface area contributed by atoms with E-state index in [0.717, 1.165) is 24.8 Å². The summed E-state index contributed by atoms with van der Waals surface area (Å²) in [5, 5.41) is 20.8. The van der Waals surface area contributed by atoms with E-state index in [4.69, 9.17) is 9.47 Å². The minimum Gasteiger partial charge on any atom is -0.471 e. The first-order valence-electron chi connectivity index (χ1n) is 9.07. The van der Waals surface area contributed by atoms with Gasteiger partial charge >= 0.3 is 0 Å². The summed E-state index contributed by atoms with van der Waals surface area (Å²) in [4.78, 5) is 12.6. The summed E-state index contributed by atoms with van der Waals surface area (Å²) >= 11 is 0. The summed E-state index contributed by atoms with van der Waals surface area (Å²) < 4.78 is 11.8. The number of hydrogen-bond acceptors (Lipinski definition) is 7. The molecule has 2 aliphatic rings. The molecule has 1 saturated carbocycles. The first-order valence-corrected chi connectivity index (χ1v) is 9.07. The van der Waals surface area contributed by atoms with Gasteiger partial charge in [-0.25, -0.2) is 9.97 Å². The minimum absolute atomic E-state index is 0.358. The van der Waals surface area contributed by atoms with Gasteiger partial charge in [0.2, 0.25) is 11.8 Å². The molecule has 7 nitrogen and oxygen atoms in total. The highest BCUT2D eigenvalue weighted by Gasteiger charge is 2.45. The van der Waals surface area contributed by atoms with Crippen molar-refractivity contribution >= 4 is 0 Å². The molecule has 0 saturated heterocycles. The van der Waals surface area contributed by atoms with Crippen LogP contribution in [-0.4, -0.2) is 49.6 Å². The number of ether oxygens (including phenoxy) is 2. The summed E-state index contributed by atoms with van der Waals surface area (Å²) in [6, 6.07) is 3.67. The van der Waals surface area contributed by atoms with Gasteiger partial charge in [-0.1, -0.05) is 0 Å². The van der Waals surface area contributed by atoms with Gasteiger partial charge in [0, 0.05) is 30.4 Å². The summed E-state index contributed by atoms with van der Waals surface area (Å²) in [5.74, 6) is 1.53. The molecule has 0 aromatic carbocycles. The van der Waals surface area contributed by atoms with Crippen LogP contribution < -0.4 is 9.47 Å². The van der Waals surface area contributed by atoms with Crippen LogP contribution in [0, 0.1) is 6.92 Å². The third-order valence-electron chi connectivity index (χ3n) is 5.10. The van der Waals surface area contributed by atoms with E-state index in [0.29, 0.717) is 24.0 Å². The van der Waals surface area contributed by atoms with Crippen molar-refractivity contribution in [1.29, 1.82) is 0 Å². The number of aromatic nitrogens is 3. The fourth-order valence-corrected chi connectivity index (χ4v) is 3.71. The average molecular weight is 357 g/mol. The van der Waals surface area contributed by atoms with Crippen molar-refractivity contribution in [2.24, 2.45) is 0 Å². The predicted octanol–water partition coefficient (Wildman–Crippen LogP) is 1.38. The second kappa shape index (κ2) is 7.17. The van der Waals surface area contributed by atoms with E-state index in [-0.39, 0.29) is 0 Å². The highest BCUT2D eigenvalue weighted by Crippen LogP contribution is 2.32. The van der Waals surface area contributed by atoms with Crippen molar-refractivity contribution < 1.29 is 19.7 Å². The topological polar surface area (TPSA) is 97.6 Å². The van der Waals surface area contributed by atoms with Crippen molar-refractivity contribution in [1.82, 2.24) is 15.0 Å². The van der Waals surface area contributed by atoms with Crippen LogP contribution in [0.1, 0.15) is 36.2 Å². The molecule has 0 radical (unpaired) electrons. The van der Waals surface area contributed by atoms with E-state index in [2.05, 4.69) is 15.0 Å². The molecule has 2 unspecified atom stereocenters.